The van der Waals surface area contributed by atoms with Gasteiger partial charge < -0.3 is 34.1 Å². The quantitative estimate of drug-likeness (QED) is 0.485. The number of rotatable bonds is 0. The summed E-state index contributed by atoms with van der Waals surface area (Å²) in [5.41, 5.74) is 2.02. The van der Waals surface area contributed by atoms with Crippen LogP contribution in [0.2, 0.25) is 0 Å². The molecule has 12 heavy (non-hydrogen) atoms. The molecule has 2 nitrogen and oxygen atoms in total. The van der Waals surface area contributed by atoms with Crippen molar-refractivity contribution < 1.29 is 26.1 Å². The smallest absolute Gasteiger partial charge is 0.304 e. The van der Waals surface area contributed by atoms with Crippen molar-refractivity contribution in [2.24, 2.45) is 0 Å². The molecule has 0 aromatic heterocycles. The number of amides is 1. The number of carbonyl (C=O) groups is 1. The van der Waals surface area contributed by atoms with E-state index in [9.17, 15) is 4.79 Å². The third-order valence-corrected chi connectivity index (χ3v) is 2.31. The Morgan fingerprint density at radius 3 is 2.67 bits per heavy atom. The maximum Gasteiger partial charge on any atom is 0.304 e. The van der Waals surface area contributed by atoms with Crippen molar-refractivity contribution in [2.45, 2.75) is 6.42 Å². The highest BCUT2D eigenvalue weighted by atomic mass is 79.9. The second-order valence-corrected chi connectivity index (χ2v) is 2.99. The van der Waals surface area contributed by atoms with Gasteiger partial charge in [-0.2, -0.15) is 0 Å². The number of para-hydroxylation sites is 1. The fraction of sp³-hybridized carbons (Fsp3) is 0.125. The summed E-state index contributed by atoms with van der Waals surface area (Å²) in [7, 11) is 0. The molecule has 0 saturated heterocycles. The molecule has 1 aliphatic heterocycles. The average molecular weight is 245 g/mol. The first-order valence-corrected chi connectivity index (χ1v) is 3.85. The van der Waals surface area contributed by atoms with Crippen LogP contribution in [-0.4, -0.2) is 5.91 Å². The van der Waals surface area contributed by atoms with Crippen molar-refractivity contribution in [1.82, 2.24) is 0 Å². The highest BCUT2D eigenvalue weighted by molar-refractivity contribution is 7.51. The molecule has 1 unspecified atom stereocenters. The number of carbonyl (C=O) groups excluding carboxylic acids is 1. The van der Waals surface area contributed by atoms with E-state index in [1.165, 1.54) is 0 Å². The minimum Gasteiger partial charge on any atom is -1.00 e. The van der Waals surface area contributed by atoms with Gasteiger partial charge in [0.05, 0.1) is 6.42 Å². The molecule has 1 aromatic carbocycles. The predicted octanol–water partition coefficient (Wildman–Crippen LogP) is -3.25. The van der Waals surface area contributed by atoms with Crippen LogP contribution in [0, 0.1) is 0 Å². The molecule has 64 valence electrons. The molecule has 0 spiro atoms. The van der Waals surface area contributed by atoms with E-state index >= 15 is 0 Å². The van der Waals surface area contributed by atoms with E-state index < -0.39 is 0 Å². The van der Waals surface area contributed by atoms with Crippen LogP contribution in [-0.2, 0) is 24.0 Å². The van der Waals surface area contributed by atoms with E-state index in [4.69, 9.17) is 12.8 Å². The van der Waals surface area contributed by atoms with Crippen molar-refractivity contribution in [3.8, 4) is 0 Å². The molecule has 1 N–H and O–H groups in total. The van der Waals surface area contributed by atoms with E-state index in [-0.39, 0.29) is 22.9 Å². The number of halogens is 1. The van der Waals surface area contributed by atoms with E-state index in [1.807, 2.05) is 24.3 Å². The number of benzene rings is 1. The van der Waals surface area contributed by atoms with Gasteiger partial charge in [0, 0.05) is 5.56 Å². The molecule has 2 rings (SSSR count). The summed E-state index contributed by atoms with van der Waals surface area (Å²) in [5, 5.41) is 0. The lowest BCUT2D eigenvalue weighted by atomic mass is 10.2. The Balaban J connectivity index is 0.000000720. The molecule has 0 bridgehead atoms. The molecule has 1 atom stereocenters. The Hall–Kier alpha value is -0.320. The Kier molecular flexibility index (Phi) is 2.93. The van der Waals surface area contributed by atoms with Crippen molar-refractivity contribution >= 4 is 24.4 Å². The van der Waals surface area contributed by atoms with Crippen LogP contribution in [0.15, 0.2) is 24.3 Å². The summed E-state index contributed by atoms with van der Waals surface area (Å²) >= 11 is 4.95. The molecule has 0 saturated carbocycles. The molecular formula is C8H7BrNOS-. The fourth-order valence-electron chi connectivity index (χ4n) is 1.30. The fourth-order valence-corrected chi connectivity index (χ4v) is 1.57. The summed E-state index contributed by atoms with van der Waals surface area (Å²) in [6, 6.07) is 7.69. The molecule has 0 radical (unpaired) electrons. The number of nitrogens with one attached hydrogen (secondary N) is 1. The normalized spacial score (nSPS) is 20.1. The van der Waals surface area contributed by atoms with Gasteiger partial charge in [0.2, 0.25) is 0 Å². The van der Waals surface area contributed by atoms with Gasteiger partial charge in [-0.25, -0.2) is 4.79 Å². The van der Waals surface area contributed by atoms with Crippen molar-refractivity contribution in [2.75, 3.05) is 0 Å². The summed E-state index contributed by atoms with van der Waals surface area (Å²) in [6.45, 7) is 0. The zero-order chi connectivity index (χ0) is 7.84. The van der Waals surface area contributed by atoms with Gasteiger partial charge in [0.15, 0.2) is 0 Å². The summed E-state index contributed by atoms with van der Waals surface area (Å²) in [6.07, 6.45) is 0.495. The molecule has 1 heterocycles. The van der Waals surface area contributed by atoms with E-state index in [0.717, 1.165) is 11.3 Å². The Bertz CT molecular complexity index is 316. The van der Waals surface area contributed by atoms with Crippen LogP contribution in [0.1, 0.15) is 5.56 Å². The van der Waals surface area contributed by atoms with Crippen LogP contribution in [0.3, 0.4) is 0 Å². The molecule has 0 aliphatic carbocycles. The largest absolute Gasteiger partial charge is 1.00 e. The van der Waals surface area contributed by atoms with Gasteiger partial charge in [-0.1, -0.05) is 18.2 Å². The predicted molar refractivity (Wildman–Crippen MR) is 43.1 cm³/mol. The highest BCUT2D eigenvalue weighted by Gasteiger charge is 2.24. The van der Waals surface area contributed by atoms with E-state index in [2.05, 4.69) is 0 Å². The van der Waals surface area contributed by atoms with Gasteiger partial charge in [-0.15, -0.1) is 0 Å². The molecule has 4 heteroatoms. The minimum absolute atomic E-state index is 0. The third-order valence-electron chi connectivity index (χ3n) is 1.87. The molecule has 1 aromatic rings. The second-order valence-electron chi connectivity index (χ2n) is 2.59. The standard InChI is InChI=1S/C8H7NOS.BrH/c10-8-5-6-3-1-2-4-7(6)9(8)11;/h1-4,9H,5H2;1H/p-1. The summed E-state index contributed by atoms with van der Waals surface area (Å²) in [5.74, 6) is 0.0844. The number of hydrogen-bond acceptors (Lipinski definition) is 2. The SMILES string of the molecule is O=C1Cc2ccccc2[NH+]1[S-].[Br-]. The topological polar surface area (TPSA) is 21.5 Å². The van der Waals surface area contributed by atoms with Crippen molar-refractivity contribution in [1.29, 1.82) is 0 Å². The average Bonchev–Trinajstić information content (AvgIpc) is 2.30. The van der Waals surface area contributed by atoms with Crippen LogP contribution in [0.4, 0.5) is 5.69 Å². The van der Waals surface area contributed by atoms with E-state index in [1.54, 1.807) is 0 Å². The zero-order valence-corrected chi connectivity index (χ0v) is 8.61. The van der Waals surface area contributed by atoms with Crippen molar-refractivity contribution in [3.63, 3.8) is 0 Å². The summed E-state index contributed by atoms with van der Waals surface area (Å²) < 4.78 is 0.501. The van der Waals surface area contributed by atoms with Gasteiger partial charge in [0.1, 0.15) is 5.69 Å². The zero-order valence-electron chi connectivity index (χ0n) is 6.21. The number of hydrogen-bond donors (Lipinski definition) is 1. The Morgan fingerprint density at radius 2 is 2.00 bits per heavy atom. The maximum absolute atomic E-state index is 11.1. The lowest BCUT2D eigenvalue weighted by molar-refractivity contribution is -0.580. The molecule has 0 fully saturated rings. The van der Waals surface area contributed by atoms with Crippen LogP contribution in [0.25, 0.3) is 0 Å². The number of fused-ring (bicyclic) bond motifs is 1. The molecular weight excluding hydrogens is 238 g/mol. The first-order chi connectivity index (χ1) is 5.29. The van der Waals surface area contributed by atoms with Gasteiger partial charge in [-0.3, -0.25) is 0 Å². The lowest BCUT2D eigenvalue weighted by Crippen LogP contribution is -3.03. The third kappa shape index (κ3) is 1.42. The summed E-state index contributed by atoms with van der Waals surface area (Å²) in [4.78, 5) is 11.1. The van der Waals surface area contributed by atoms with Gasteiger partial charge in [-0.05, 0) is 6.07 Å². The lowest BCUT2D eigenvalue weighted by Gasteiger charge is -2.12. The first-order valence-electron chi connectivity index (χ1n) is 3.44. The van der Waals surface area contributed by atoms with Gasteiger partial charge in [0.25, 0.3) is 0 Å². The molecule has 1 amide bonds. The second kappa shape index (κ2) is 3.60. The first kappa shape index (κ1) is 9.77. The van der Waals surface area contributed by atoms with Crippen molar-refractivity contribution in [3.05, 3.63) is 29.8 Å². The van der Waals surface area contributed by atoms with Crippen LogP contribution >= 0.6 is 0 Å². The Morgan fingerprint density at radius 1 is 1.33 bits per heavy atom. The van der Waals surface area contributed by atoms with Crippen LogP contribution < -0.4 is 21.3 Å². The number of quaternary nitrogens is 1. The monoisotopic (exact) mass is 244 g/mol. The minimum atomic E-state index is 0. The van der Waals surface area contributed by atoms with Crippen LogP contribution in [0.5, 0.6) is 0 Å². The van der Waals surface area contributed by atoms with Gasteiger partial charge >= 0.3 is 5.91 Å². The molecule has 1 aliphatic rings. The highest BCUT2D eigenvalue weighted by Crippen LogP contribution is 2.14. The maximum atomic E-state index is 11.1. The Labute approximate surface area is 86.9 Å². The van der Waals surface area contributed by atoms with E-state index in [0.29, 0.717) is 10.7 Å².